The molecule has 3 nitrogen and oxygen atoms in total. The molecule has 2 fully saturated rings. The Balaban J connectivity index is 1.74. The van der Waals surface area contributed by atoms with Gasteiger partial charge in [-0.2, -0.15) is 0 Å². The lowest BCUT2D eigenvalue weighted by Crippen LogP contribution is -2.41. The number of ether oxygens (including phenoxy) is 1. The zero-order valence-corrected chi connectivity index (χ0v) is 12.1. The Kier molecular flexibility index (Phi) is 4.86. The van der Waals surface area contributed by atoms with Gasteiger partial charge in [0.25, 0.3) is 0 Å². The highest BCUT2D eigenvalue weighted by Crippen LogP contribution is 2.26. The van der Waals surface area contributed by atoms with E-state index in [9.17, 15) is 4.79 Å². The molecule has 0 N–H and O–H groups in total. The second kappa shape index (κ2) is 6.19. The Morgan fingerprint density at radius 1 is 1.41 bits per heavy atom. The van der Waals surface area contributed by atoms with Crippen LogP contribution in [0.1, 0.15) is 39.0 Å². The number of carbonyl (C=O) groups is 1. The van der Waals surface area contributed by atoms with Gasteiger partial charge in [-0.1, -0.05) is 22.9 Å². The van der Waals surface area contributed by atoms with Crippen LogP contribution >= 0.6 is 15.9 Å². The van der Waals surface area contributed by atoms with Crippen molar-refractivity contribution >= 4 is 21.8 Å². The van der Waals surface area contributed by atoms with E-state index in [-0.39, 0.29) is 12.0 Å². The van der Waals surface area contributed by atoms with Crippen molar-refractivity contribution in [3.8, 4) is 0 Å². The minimum absolute atomic E-state index is 0.190. The molecule has 0 bridgehead atoms. The number of carbonyl (C=O) groups excluding carboxylic acids is 1. The van der Waals surface area contributed by atoms with Gasteiger partial charge in [0.05, 0.1) is 12.5 Å². The zero-order valence-electron chi connectivity index (χ0n) is 10.5. The third kappa shape index (κ3) is 3.68. The molecular weight excluding hydrogens is 282 g/mol. The Bertz CT molecular complexity index is 256. The van der Waals surface area contributed by atoms with Gasteiger partial charge in [-0.25, -0.2) is 0 Å². The quantitative estimate of drug-likeness (QED) is 0.750. The van der Waals surface area contributed by atoms with Gasteiger partial charge in [0, 0.05) is 24.5 Å². The molecular formula is C13H22BrNO2. The predicted molar refractivity (Wildman–Crippen MR) is 71.3 cm³/mol. The van der Waals surface area contributed by atoms with E-state index >= 15 is 0 Å². The maximum absolute atomic E-state index is 12.1. The predicted octanol–water partition coefficient (Wildman–Crippen LogP) is 2.58. The summed E-state index contributed by atoms with van der Waals surface area (Å²) in [6.45, 7) is 4.88. The highest BCUT2D eigenvalue weighted by Gasteiger charge is 2.27. The molecule has 17 heavy (non-hydrogen) atoms. The number of halogens is 1. The van der Waals surface area contributed by atoms with Gasteiger partial charge in [0.1, 0.15) is 0 Å². The van der Waals surface area contributed by atoms with E-state index in [2.05, 4.69) is 22.9 Å². The van der Waals surface area contributed by atoms with Gasteiger partial charge < -0.3 is 9.64 Å². The molecule has 2 aliphatic rings. The highest BCUT2D eigenvalue weighted by atomic mass is 79.9. The third-order valence-corrected chi connectivity index (χ3v) is 4.72. The van der Waals surface area contributed by atoms with Crippen LogP contribution in [0.5, 0.6) is 0 Å². The van der Waals surface area contributed by atoms with Crippen LogP contribution in [0.3, 0.4) is 0 Å². The maximum atomic E-state index is 12.1. The van der Waals surface area contributed by atoms with Crippen molar-refractivity contribution in [2.75, 3.05) is 19.7 Å². The van der Waals surface area contributed by atoms with Crippen molar-refractivity contribution in [3.63, 3.8) is 0 Å². The molecule has 0 aliphatic carbocycles. The van der Waals surface area contributed by atoms with Crippen molar-refractivity contribution in [1.82, 2.24) is 4.90 Å². The lowest BCUT2D eigenvalue weighted by molar-refractivity contribution is -0.134. The second-order valence-corrected chi connectivity index (χ2v) is 6.68. The topological polar surface area (TPSA) is 29.5 Å². The number of amides is 1. The first-order valence-corrected chi connectivity index (χ1v) is 7.62. The summed E-state index contributed by atoms with van der Waals surface area (Å²) in [5, 5.41) is 0. The Labute approximate surface area is 112 Å². The molecule has 2 saturated heterocycles. The van der Waals surface area contributed by atoms with Crippen molar-refractivity contribution in [1.29, 1.82) is 0 Å². The summed E-state index contributed by atoms with van der Waals surface area (Å²) in [5.41, 5.74) is 0. The molecule has 2 rings (SSSR count). The third-order valence-electron chi connectivity index (χ3n) is 3.97. The average molecular weight is 304 g/mol. The summed E-state index contributed by atoms with van der Waals surface area (Å²) in [7, 11) is 0. The van der Waals surface area contributed by atoms with Crippen molar-refractivity contribution in [2.45, 2.75) is 50.0 Å². The van der Waals surface area contributed by atoms with Gasteiger partial charge >= 0.3 is 0 Å². The van der Waals surface area contributed by atoms with Gasteiger partial charge in [-0.3, -0.25) is 4.79 Å². The van der Waals surface area contributed by atoms with E-state index in [1.54, 1.807) is 0 Å². The minimum atomic E-state index is 0.190. The molecule has 2 heterocycles. The summed E-state index contributed by atoms with van der Waals surface area (Å²) in [5.74, 6) is 1.01. The second-order valence-electron chi connectivity index (χ2n) is 5.23. The fraction of sp³-hybridized carbons (Fsp3) is 0.923. The smallest absolute Gasteiger partial charge is 0.225 e. The van der Waals surface area contributed by atoms with Crippen molar-refractivity contribution in [2.24, 2.45) is 5.92 Å². The molecule has 2 unspecified atom stereocenters. The normalized spacial score (nSPS) is 28.4. The SMILES string of the molecule is CC(Br)C1CCN(C(=O)CC2CCCO2)CC1. The van der Waals surface area contributed by atoms with E-state index in [0.29, 0.717) is 11.2 Å². The molecule has 0 aromatic heterocycles. The highest BCUT2D eigenvalue weighted by molar-refractivity contribution is 9.09. The first-order valence-electron chi connectivity index (χ1n) is 6.70. The summed E-state index contributed by atoms with van der Waals surface area (Å²) < 4.78 is 5.52. The van der Waals surface area contributed by atoms with Crippen LogP contribution in [0.4, 0.5) is 0 Å². The fourth-order valence-electron chi connectivity index (χ4n) is 2.74. The largest absolute Gasteiger partial charge is 0.378 e. The number of piperidine rings is 1. The van der Waals surface area contributed by atoms with Crippen molar-refractivity contribution < 1.29 is 9.53 Å². The molecule has 2 aliphatic heterocycles. The zero-order chi connectivity index (χ0) is 12.3. The van der Waals surface area contributed by atoms with Crippen LogP contribution in [0.25, 0.3) is 0 Å². The van der Waals surface area contributed by atoms with Gasteiger partial charge in [0.2, 0.25) is 5.91 Å². The monoisotopic (exact) mass is 303 g/mol. The summed E-state index contributed by atoms with van der Waals surface area (Å²) in [6.07, 6.45) is 5.21. The molecule has 0 radical (unpaired) electrons. The molecule has 4 heteroatoms. The van der Waals surface area contributed by atoms with Crippen LogP contribution < -0.4 is 0 Å². The molecule has 0 aromatic carbocycles. The fourth-order valence-corrected chi connectivity index (χ4v) is 3.27. The van der Waals surface area contributed by atoms with E-state index in [4.69, 9.17) is 4.74 Å². The number of rotatable bonds is 3. The minimum Gasteiger partial charge on any atom is -0.378 e. The van der Waals surface area contributed by atoms with E-state index in [1.807, 2.05) is 4.90 Å². The van der Waals surface area contributed by atoms with E-state index in [0.717, 1.165) is 51.3 Å². The molecule has 98 valence electrons. The van der Waals surface area contributed by atoms with Crippen LogP contribution in [0.15, 0.2) is 0 Å². The molecule has 0 spiro atoms. The van der Waals surface area contributed by atoms with Crippen LogP contribution in [0.2, 0.25) is 0 Å². The van der Waals surface area contributed by atoms with E-state index < -0.39 is 0 Å². The molecule has 0 saturated carbocycles. The van der Waals surface area contributed by atoms with Crippen molar-refractivity contribution in [3.05, 3.63) is 0 Å². The molecule has 0 aromatic rings. The van der Waals surface area contributed by atoms with Crippen LogP contribution in [-0.4, -0.2) is 41.4 Å². The summed E-state index contributed by atoms with van der Waals surface area (Å²) >= 11 is 3.64. The van der Waals surface area contributed by atoms with Gasteiger partial charge in [0.15, 0.2) is 0 Å². The number of hydrogen-bond donors (Lipinski definition) is 0. The summed E-state index contributed by atoms with van der Waals surface area (Å²) in [4.78, 5) is 14.7. The Hall–Kier alpha value is -0.0900. The van der Waals surface area contributed by atoms with Crippen LogP contribution in [-0.2, 0) is 9.53 Å². The van der Waals surface area contributed by atoms with Crippen LogP contribution in [0, 0.1) is 5.92 Å². The van der Waals surface area contributed by atoms with E-state index in [1.165, 1.54) is 0 Å². The van der Waals surface area contributed by atoms with Gasteiger partial charge in [-0.15, -0.1) is 0 Å². The first kappa shape index (κ1) is 13.3. The lowest BCUT2D eigenvalue weighted by Gasteiger charge is -2.33. The molecule has 1 amide bonds. The average Bonchev–Trinajstić information content (AvgIpc) is 2.82. The maximum Gasteiger partial charge on any atom is 0.225 e. The number of alkyl halides is 1. The van der Waals surface area contributed by atoms with Gasteiger partial charge in [-0.05, 0) is 31.6 Å². The Morgan fingerprint density at radius 3 is 2.65 bits per heavy atom. The standard InChI is InChI=1S/C13H22BrNO2/c1-10(14)11-4-6-15(7-5-11)13(16)9-12-3-2-8-17-12/h10-12H,2-9H2,1H3. The number of likely N-dealkylation sites (tertiary alicyclic amines) is 1. The lowest BCUT2D eigenvalue weighted by atomic mass is 9.94. The summed E-state index contributed by atoms with van der Waals surface area (Å²) in [6, 6.07) is 0. The Morgan fingerprint density at radius 2 is 2.12 bits per heavy atom. The number of hydrogen-bond acceptors (Lipinski definition) is 2. The number of nitrogens with zero attached hydrogens (tertiary/aromatic N) is 1. The molecule has 2 atom stereocenters. The first-order chi connectivity index (χ1) is 8.16.